The van der Waals surface area contributed by atoms with Crippen molar-refractivity contribution in [1.29, 1.82) is 0 Å². The van der Waals surface area contributed by atoms with Crippen LogP contribution in [-0.4, -0.2) is 47.5 Å². The molecule has 0 radical (unpaired) electrons. The van der Waals surface area contributed by atoms with Gasteiger partial charge in [0.05, 0.1) is 17.6 Å². The molecule has 0 amide bonds. The van der Waals surface area contributed by atoms with Gasteiger partial charge in [-0.15, -0.1) is 0 Å². The molecule has 1 unspecified atom stereocenters. The lowest BCUT2D eigenvalue weighted by molar-refractivity contribution is -0.0391. The van der Waals surface area contributed by atoms with Gasteiger partial charge in [-0.2, -0.15) is 5.10 Å². The van der Waals surface area contributed by atoms with E-state index >= 15 is 0 Å². The fourth-order valence-electron chi connectivity index (χ4n) is 4.31. The van der Waals surface area contributed by atoms with E-state index in [-0.39, 0.29) is 17.5 Å². The summed E-state index contributed by atoms with van der Waals surface area (Å²) in [5, 5.41) is 6.88. The van der Waals surface area contributed by atoms with Gasteiger partial charge in [0, 0.05) is 53.6 Å². The third-order valence-corrected chi connectivity index (χ3v) is 6.28. The number of fused-ring (bicyclic) bond motifs is 2. The minimum atomic E-state index is -0.483. The van der Waals surface area contributed by atoms with Crippen LogP contribution in [0.5, 0.6) is 0 Å². The molecule has 0 saturated carbocycles. The first-order valence-corrected chi connectivity index (χ1v) is 11.6. The van der Waals surface area contributed by atoms with E-state index in [0.29, 0.717) is 33.8 Å². The van der Waals surface area contributed by atoms with Crippen molar-refractivity contribution in [3.8, 4) is 0 Å². The van der Waals surface area contributed by atoms with Gasteiger partial charge in [-0.1, -0.05) is 35.9 Å². The number of carbonyl (C=O) groups is 1. The van der Waals surface area contributed by atoms with Gasteiger partial charge in [0.2, 0.25) is 0 Å². The number of aromatic nitrogens is 2. The Hall–Kier alpha value is -3.29. The molecule has 0 N–H and O–H groups in total. The SMILES string of the molecule is CN(C)C=Nc1c(C(=O)c2ccc(F)c3nn(C4CCCCO4)cc23)cc(Cl)c2ccccc12. The van der Waals surface area contributed by atoms with Crippen LogP contribution in [-0.2, 0) is 4.74 Å². The summed E-state index contributed by atoms with van der Waals surface area (Å²) in [7, 11) is 3.71. The predicted octanol–water partition coefficient (Wildman–Crippen LogP) is 6.13. The van der Waals surface area contributed by atoms with Gasteiger partial charge in [0.1, 0.15) is 11.7 Å². The lowest BCUT2D eigenvalue weighted by Crippen LogP contribution is -2.18. The maximum absolute atomic E-state index is 14.7. The number of hydrogen-bond donors (Lipinski definition) is 0. The molecule has 1 saturated heterocycles. The summed E-state index contributed by atoms with van der Waals surface area (Å²) < 4.78 is 22.1. The zero-order valence-electron chi connectivity index (χ0n) is 19.0. The number of hydrogen-bond acceptors (Lipinski definition) is 4. The Morgan fingerprint density at radius 1 is 1.18 bits per heavy atom. The minimum absolute atomic E-state index is 0.144. The van der Waals surface area contributed by atoms with Crippen molar-refractivity contribution in [2.75, 3.05) is 20.7 Å². The molecular weight excluding hydrogens is 455 g/mol. The topological polar surface area (TPSA) is 59.7 Å². The highest BCUT2D eigenvalue weighted by atomic mass is 35.5. The molecule has 2 heterocycles. The van der Waals surface area contributed by atoms with Crippen molar-refractivity contribution >= 4 is 51.1 Å². The molecule has 1 aliphatic heterocycles. The number of ketones is 1. The van der Waals surface area contributed by atoms with Crippen molar-refractivity contribution in [2.24, 2.45) is 4.99 Å². The Labute approximate surface area is 201 Å². The van der Waals surface area contributed by atoms with Crippen LogP contribution in [0, 0.1) is 5.82 Å². The van der Waals surface area contributed by atoms with Crippen molar-refractivity contribution in [1.82, 2.24) is 14.7 Å². The molecule has 0 aliphatic carbocycles. The second-order valence-corrected chi connectivity index (χ2v) is 9.03. The summed E-state index contributed by atoms with van der Waals surface area (Å²) in [5.41, 5.74) is 1.34. The number of carbonyl (C=O) groups excluding carboxylic acids is 1. The zero-order chi connectivity index (χ0) is 23.8. The molecular formula is C26H24ClFN4O2. The zero-order valence-corrected chi connectivity index (χ0v) is 19.7. The molecule has 174 valence electrons. The van der Waals surface area contributed by atoms with Crippen LogP contribution in [0.15, 0.2) is 53.7 Å². The molecule has 0 bridgehead atoms. The first-order valence-electron chi connectivity index (χ1n) is 11.2. The third-order valence-electron chi connectivity index (χ3n) is 5.97. The number of ether oxygens (including phenoxy) is 1. The first kappa shape index (κ1) is 22.5. The summed E-state index contributed by atoms with van der Waals surface area (Å²) in [6, 6.07) is 12.0. The number of benzene rings is 3. The molecule has 0 spiro atoms. The van der Waals surface area contributed by atoms with E-state index in [9.17, 15) is 9.18 Å². The smallest absolute Gasteiger partial charge is 0.196 e. The van der Waals surface area contributed by atoms with E-state index in [4.69, 9.17) is 16.3 Å². The highest BCUT2D eigenvalue weighted by Gasteiger charge is 2.24. The van der Waals surface area contributed by atoms with Gasteiger partial charge >= 0.3 is 0 Å². The summed E-state index contributed by atoms with van der Waals surface area (Å²) >= 11 is 6.57. The fraction of sp³-hybridized carbons (Fsp3) is 0.269. The Balaban J connectivity index is 1.68. The van der Waals surface area contributed by atoms with E-state index in [1.807, 2.05) is 38.4 Å². The van der Waals surface area contributed by atoms with E-state index in [2.05, 4.69) is 10.1 Å². The molecule has 4 aromatic rings. The van der Waals surface area contributed by atoms with Gasteiger partial charge in [-0.25, -0.2) is 14.1 Å². The standard InChI is InChI=1S/C26H24ClFN4O2/c1-31(2)15-29-24-17-8-4-3-7-16(17)21(27)13-19(24)26(33)18-10-11-22(28)25-20(18)14-32(30-25)23-9-5-6-12-34-23/h3-4,7-8,10-11,13-15,23H,5-6,9,12H2,1-2H3. The van der Waals surface area contributed by atoms with Crippen molar-refractivity contribution in [3.63, 3.8) is 0 Å². The fourth-order valence-corrected chi connectivity index (χ4v) is 4.59. The maximum Gasteiger partial charge on any atom is 0.196 e. The van der Waals surface area contributed by atoms with Crippen molar-refractivity contribution in [2.45, 2.75) is 25.5 Å². The molecule has 8 heteroatoms. The number of rotatable bonds is 5. The Morgan fingerprint density at radius 3 is 2.71 bits per heavy atom. The van der Waals surface area contributed by atoms with Gasteiger partial charge < -0.3 is 9.64 Å². The molecule has 1 aromatic heterocycles. The molecule has 3 aromatic carbocycles. The van der Waals surface area contributed by atoms with Gasteiger partial charge in [-0.3, -0.25) is 4.79 Å². The summed E-state index contributed by atoms with van der Waals surface area (Å²) in [5.74, 6) is -0.781. The Morgan fingerprint density at radius 2 is 1.97 bits per heavy atom. The first-order chi connectivity index (χ1) is 16.4. The second kappa shape index (κ2) is 9.16. The van der Waals surface area contributed by atoms with E-state index < -0.39 is 5.82 Å². The summed E-state index contributed by atoms with van der Waals surface area (Å²) in [6.07, 6.45) is 5.88. The largest absolute Gasteiger partial charge is 0.369 e. The van der Waals surface area contributed by atoms with E-state index in [1.165, 1.54) is 12.1 Å². The third kappa shape index (κ3) is 4.06. The quantitative estimate of drug-likeness (QED) is 0.196. The van der Waals surface area contributed by atoms with Crippen LogP contribution in [0.4, 0.5) is 10.1 Å². The lowest BCUT2D eigenvalue weighted by Gasteiger charge is -2.22. The lowest BCUT2D eigenvalue weighted by atomic mass is 9.95. The number of halogens is 2. The molecule has 34 heavy (non-hydrogen) atoms. The van der Waals surface area contributed by atoms with Gasteiger partial charge in [0.15, 0.2) is 11.6 Å². The monoisotopic (exact) mass is 478 g/mol. The number of nitrogens with zero attached hydrogens (tertiary/aromatic N) is 4. The molecule has 6 nitrogen and oxygen atoms in total. The minimum Gasteiger partial charge on any atom is -0.369 e. The average molecular weight is 479 g/mol. The maximum atomic E-state index is 14.7. The summed E-state index contributed by atoms with van der Waals surface area (Å²) in [4.78, 5) is 20.3. The molecule has 1 aliphatic rings. The van der Waals surface area contributed by atoms with Crippen LogP contribution < -0.4 is 0 Å². The average Bonchev–Trinajstić information content (AvgIpc) is 3.30. The number of aliphatic imine (C=N–C) groups is 1. The molecule has 1 fully saturated rings. The highest BCUT2D eigenvalue weighted by molar-refractivity contribution is 6.37. The van der Waals surface area contributed by atoms with Gasteiger partial charge in [-0.05, 0) is 37.5 Å². The van der Waals surface area contributed by atoms with Crippen LogP contribution in [0.1, 0.15) is 41.4 Å². The van der Waals surface area contributed by atoms with Crippen LogP contribution in [0.2, 0.25) is 5.02 Å². The van der Waals surface area contributed by atoms with E-state index in [0.717, 1.165) is 30.0 Å². The Bertz CT molecular complexity index is 1420. The van der Waals surface area contributed by atoms with Crippen LogP contribution >= 0.6 is 11.6 Å². The van der Waals surface area contributed by atoms with Crippen molar-refractivity contribution < 1.29 is 13.9 Å². The van der Waals surface area contributed by atoms with Crippen LogP contribution in [0.25, 0.3) is 21.7 Å². The highest BCUT2D eigenvalue weighted by Crippen LogP contribution is 2.37. The van der Waals surface area contributed by atoms with E-state index in [1.54, 1.807) is 28.2 Å². The molecule has 5 rings (SSSR count). The summed E-state index contributed by atoms with van der Waals surface area (Å²) in [6.45, 7) is 0.637. The molecule has 1 atom stereocenters. The Kier molecular flexibility index (Phi) is 6.06. The van der Waals surface area contributed by atoms with Crippen LogP contribution in [0.3, 0.4) is 0 Å². The van der Waals surface area contributed by atoms with Crippen molar-refractivity contribution in [3.05, 3.63) is 70.6 Å². The second-order valence-electron chi connectivity index (χ2n) is 8.63. The van der Waals surface area contributed by atoms with Gasteiger partial charge in [0.25, 0.3) is 0 Å². The predicted molar refractivity (Wildman–Crippen MR) is 133 cm³/mol. The normalized spacial score (nSPS) is 16.5.